The van der Waals surface area contributed by atoms with Crippen LogP contribution in [0.2, 0.25) is 0 Å². The number of hydrogen-bond donors (Lipinski definition) is 0. The molecular formula is C25H29BN2O3. The molecule has 2 aliphatic rings. The molecule has 3 aromatic rings. The van der Waals surface area contributed by atoms with Crippen molar-refractivity contribution in [2.24, 2.45) is 0 Å². The van der Waals surface area contributed by atoms with Crippen molar-refractivity contribution >= 4 is 23.4 Å². The highest BCUT2D eigenvalue weighted by atomic mass is 16.7. The number of nitrogens with zero attached hydrogens (tertiary/aromatic N) is 2. The molecule has 5 rings (SSSR count). The molecule has 0 N–H and O–H groups in total. The van der Waals surface area contributed by atoms with Crippen LogP contribution >= 0.6 is 0 Å². The number of benzene rings is 2. The Hall–Kier alpha value is -2.44. The van der Waals surface area contributed by atoms with Crippen molar-refractivity contribution < 1.29 is 9.31 Å². The lowest BCUT2D eigenvalue weighted by molar-refractivity contribution is 0.00578. The van der Waals surface area contributed by atoms with Gasteiger partial charge < -0.3 is 9.31 Å². The second-order valence-electron chi connectivity index (χ2n) is 9.77. The average Bonchev–Trinajstić information content (AvgIpc) is 3.54. The Morgan fingerprint density at radius 2 is 1.81 bits per heavy atom. The van der Waals surface area contributed by atoms with E-state index in [2.05, 4.69) is 24.2 Å². The zero-order valence-corrected chi connectivity index (χ0v) is 18.9. The lowest BCUT2D eigenvalue weighted by Gasteiger charge is -2.32. The van der Waals surface area contributed by atoms with Crippen LogP contribution in [-0.2, 0) is 15.7 Å². The van der Waals surface area contributed by atoms with Gasteiger partial charge in [0.2, 0.25) is 0 Å². The zero-order valence-electron chi connectivity index (χ0n) is 18.9. The second kappa shape index (κ2) is 7.04. The SMILES string of the molecule is CCc1c(B2OC(C)(C)C(C)(C)O2)cccc1-n1ncc2cc(C3CC3)ccc2c1=O. The highest BCUT2D eigenvalue weighted by Gasteiger charge is 2.52. The molecule has 0 radical (unpaired) electrons. The van der Waals surface area contributed by atoms with Crippen molar-refractivity contribution in [1.82, 2.24) is 9.78 Å². The summed E-state index contributed by atoms with van der Waals surface area (Å²) in [6, 6.07) is 12.1. The van der Waals surface area contributed by atoms with Gasteiger partial charge in [0.1, 0.15) is 0 Å². The maximum Gasteiger partial charge on any atom is 0.495 e. The van der Waals surface area contributed by atoms with Crippen molar-refractivity contribution in [2.75, 3.05) is 0 Å². The summed E-state index contributed by atoms with van der Waals surface area (Å²) in [5, 5.41) is 6.16. The molecule has 0 unspecified atom stereocenters. The van der Waals surface area contributed by atoms with Crippen molar-refractivity contribution in [3.63, 3.8) is 0 Å². The van der Waals surface area contributed by atoms with Crippen LogP contribution in [0.4, 0.5) is 0 Å². The largest absolute Gasteiger partial charge is 0.495 e. The normalized spacial score (nSPS) is 19.8. The number of hydrogen-bond acceptors (Lipinski definition) is 4. The molecule has 1 saturated heterocycles. The van der Waals surface area contributed by atoms with Gasteiger partial charge in [-0.2, -0.15) is 9.78 Å². The van der Waals surface area contributed by atoms with E-state index < -0.39 is 18.3 Å². The van der Waals surface area contributed by atoms with Crippen LogP contribution in [0.1, 0.15) is 64.5 Å². The van der Waals surface area contributed by atoms with E-state index in [0.717, 1.165) is 28.5 Å². The Morgan fingerprint density at radius 3 is 2.45 bits per heavy atom. The molecule has 2 aromatic carbocycles. The van der Waals surface area contributed by atoms with Gasteiger partial charge >= 0.3 is 7.12 Å². The number of fused-ring (bicyclic) bond motifs is 1. The summed E-state index contributed by atoms with van der Waals surface area (Å²) in [7, 11) is -0.475. The van der Waals surface area contributed by atoms with E-state index in [1.54, 1.807) is 0 Å². The molecule has 0 bridgehead atoms. The predicted octanol–water partition coefficient (Wildman–Crippen LogP) is 4.12. The monoisotopic (exact) mass is 416 g/mol. The Bertz CT molecular complexity index is 1210. The van der Waals surface area contributed by atoms with Gasteiger partial charge in [-0.3, -0.25) is 4.79 Å². The molecule has 1 aliphatic heterocycles. The summed E-state index contributed by atoms with van der Waals surface area (Å²) in [6.07, 6.45) is 5.02. The van der Waals surface area contributed by atoms with Gasteiger partial charge in [0, 0.05) is 5.39 Å². The van der Waals surface area contributed by atoms with Gasteiger partial charge in [0.25, 0.3) is 5.56 Å². The molecule has 1 saturated carbocycles. The van der Waals surface area contributed by atoms with Crippen molar-refractivity contribution in [3.8, 4) is 5.69 Å². The van der Waals surface area contributed by atoms with Crippen molar-refractivity contribution in [2.45, 2.75) is 71.0 Å². The second-order valence-corrected chi connectivity index (χ2v) is 9.77. The minimum atomic E-state index is -0.475. The highest BCUT2D eigenvalue weighted by molar-refractivity contribution is 6.62. The van der Waals surface area contributed by atoms with Gasteiger partial charge in [0.05, 0.1) is 28.5 Å². The molecule has 0 amide bonds. The molecule has 31 heavy (non-hydrogen) atoms. The highest BCUT2D eigenvalue weighted by Crippen LogP contribution is 2.40. The van der Waals surface area contributed by atoms with E-state index in [-0.39, 0.29) is 5.56 Å². The average molecular weight is 416 g/mol. The molecule has 1 aliphatic carbocycles. The van der Waals surface area contributed by atoms with E-state index in [4.69, 9.17) is 9.31 Å². The van der Waals surface area contributed by atoms with Crippen LogP contribution in [0.3, 0.4) is 0 Å². The first-order chi connectivity index (χ1) is 14.7. The smallest absolute Gasteiger partial charge is 0.399 e. The van der Waals surface area contributed by atoms with Crippen molar-refractivity contribution in [3.05, 3.63) is 64.1 Å². The fourth-order valence-electron chi connectivity index (χ4n) is 4.38. The fourth-order valence-corrected chi connectivity index (χ4v) is 4.38. The Balaban J connectivity index is 1.60. The number of aromatic nitrogens is 2. The summed E-state index contributed by atoms with van der Waals surface area (Å²) >= 11 is 0. The first-order valence-corrected chi connectivity index (χ1v) is 11.2. The number of rotatable bonds is 4. The summed E-state index contributed by atoms with van der Waals surface area (Å²) in [4.78, 5) is 13.4. The summed E-state index contributed by atoms with van der Waals surface area (Å²) in [6.45, 7) is 10.3. The maximum absolute atomic E-state index is 13.4. The van der Waals surface area contributed by atoms with Crippen LogP contribution in [0, 0.1) is 0 Å². The molecule has 2 fully saturated rings. The molecule has 2 heterocycles. The van der Waals surface area contributed by atoms with Crippen LogP contribution in [0.5, 0.6) is 0 Å². The lowest BCUT2D eigenvalue weighted by Crippen LogP contribution is -2.41. The van der Waals surface area contributed by atoms with Crippen LogP contribution in [0.25, 0.3) is 16.5 Å². The van der Waals surface area contributed by atoms with Gasteiger partial charge in [-0.05, 0) is 87.7 Å². The lowest BCUT2D eigenvalue weighted by atomic mass is 9.75. The third kappa shape index (κ3) is 3.33. The summed E-state index contributed by atoms with van der Waals surface area (Å²) in [5.74, 6) is 0.648. The zero-order chi connectivity index (χ0) is 22.0. The minimum absolute atomic E-state index is 0.0967. The molecular weight excluding hydrogens is 387 g/mol. The standard InChI is InChI=1S/C25H29BN2O3/c1-6-19-21(26-30-24(2,3)25(4,5)31-26)8-7-9-22(19)28-23(29)20-13-12-17(16-10-11-16)14-18(20)15-27-28/h7-9,12-16H,6,10-11H2,1-5H3. The first-order valence-electron chi connectivity index (χ1n) is 11.2. The van der Waals surface area contributed by atoms with Gasteiger partial charge in [0.15, 0.2) is 0 Å². The first kappa shape index (κ1) is 20.5. The third-order valence-electron chi connectivity index (χ3n) is 7.14. The van der Waals surface area contributed by atoms with E-state index in [9.17, 15) is 4.79 Å². The van der Waals surface area contributed by atoms with Gasteiger partial charge in [-0.15, -0.1) is 0 Å². The van der Waals surface area contributed by atoms with Gasteiger partial charge in [-0.1, -0.05) is 25.1 Å². The minimum Gasteiger partial charge on any atom is -0.399 e. The Kier molecular flexibility index (Phi) is 4.65. The van der Waals surface area contributed by atoms with E-state index in [0.29, 0.717) is 11.3 Å². The van der Waals surface area contributed by atoms with Crippen LogP contribution in [0.15, 0.2) is 47.4 Å². The topological polar surface area (TPSA) is 53.4 Å². The van der Waals surface area contributed by atoms with E-state index >= 15 is 0 Å². The molecule has 6 heteroatoms. The third-order valence-corrected chi connectivity index (χ3v) is 7.14. The predicted molar refractivity (Wildman–Crippen MR) is 124 cm³/mol. The summed E-state index contributed by atoms with van der Waals surface area (Å²) in [5.41, 5.74) is 3.13. The molecule has 160 valence electrons. The molecule has 1 aromatic heterocycles. The molecule has 0 spiro atoms. The quantitative estimate of drug-likeness (QED) is 0.601. The Labute approximate surface area is 183 Å². The van der Waals surface area contributed by atoms with Crippen LogP contribution < -0.4 is 11.0 Å². The molecule has 5 nitrogen and oxygen atoms in total. The van der Waals surface area contributed by atoms with Crippen molar-refractivity contribution in [1.29, 1.82) is 0 Å². The van der Waals surface area contributed by atoms with E-state index in [1.807, 2.05) is 58.2 Å². The van der Waals surface area contributed by atoms with Crippen LogP contribution in [-0.4, -0.2) is 28.1 Å². The molecule has 0 atom stereocenters. The summed E-state index contributed by atoms with van der Waals surface area (Å²) < 4.78 is 14.1. The van der Waals surface area contributed by atoms with E-state index in [1.165, 1.54) is 23.1 Å². The fraction of sp³-hybridized carbons (Fsp3) is 0.440. The maximum atomic E-state index is 13.4. The Morgan fingerprint density at radius 1 is 1.10 bits per heavy atom. The van der Waals surface area contributed by atoms with Gasteiger partial charge in [-0.25, -0.2) is 0 Å².